The van der Waals surface area contributed by atoms with Gasteiger partial charge in [-0.25, -0.2) is 14.8 Å². The molecule has 0 saturated carbocycles. The highest BCUT2D eigenvalue weighted by atomic mass is 16.5. The quantitative estimate of drug-likeness (QED) is 0.855. The maximum Gasteiger partial charge on any atom is 0.341 e. The third-order valence-corrected chi connectivity index (χ3v) is 3.12. The molecule has 0 fully saturated rings. The fourth-order valence-corrected chi connectivity index (χ4v) is 1.96. The number of carbonyl (C=O) groups is 1. The number of carbonyl (C=O) groups excluding carboxylic acids is 1. The number of ether oxygens (including phenoxy) is 1. The van der Waals surface area contributed by atoms with E-state index in [1.54, 1.807) is 13.8 Å². The van der Waals surface area contributed by atoms with Gasteiger partial charge >= 0.3 is 5.97 Å². The van der Waals surface area contributed by atoms with Crippen molar-refractivity contribution in [1.29, 1.82) is 0 Å². The van der Waals surface area contributed by atoms with Crippen LogP contribution >= 0.6 is 0 Å². The number of anilines is 1. The average molecular weight is 285 g/mol. The lowest BCUT2D eigenvalue weighted by molar-refractivity contribution is 0.0524. The van der Waals surface area contributed by atoms with Crippen LogP contribution in [0.1, 0.15) is 41.5 Å². The van der Waals surface area contributed by atoms with Crippen LogP contribution in [0.3, 0.4) is 0 Å². The number of aromatic nitrogens is 2. The number of aryl methyl sites for hydroxylation is 1. The second-order valence-electron chi connectivity index (χ2n) is 4.69. The van der Waals surface area contributed by atoms with Gasteiger partial charge in [-0.3, -0.25) is 0 Å². The van der Waals surface area contributed by atoms with E-state index in [0.29, 0.717) is 23.8 Å². The molecule has 0 radical (unpaired) electrons. The van der Waals surface area contributed by atoms with Gasteiger partial charge in [0, 0.05) is 6.20 Å². The molecule has 0 amide bonds. The van der Waals surface area contributed by atoms with Gasteiger partial charge in [0.25, 0.3) is 0 Å². The van der Waals surface area contributed by atoms with Crippen LogP contribution < -0.4 is 5.32 Å². The summed E-state index contributed by atoms with van der Waals surface area (Å²) in [5.74, 6) is 0.106. The molecule has 0 aliphatic heterocycles. The summed E-state index contributed by atoms with van der Waals surface area (Å²) in [7, 11) is 0. The SMILES string of the molecule is CCOC(=O)c1cnc(NC(C)c2ccccc2)nc1C. The molecule has 1 heterocycles. The van der Waals surface area contributed by atoms with E-state index in [1.807, 2.05) is 37.3 Å². The monoisotopic (exact) mass is 285 g/mol. The van der Waals surface area contributed by atoms with Crippen molar-refractivity contribution >= 4 is 11.9 Å². The van der Waals surface area contributed by atoms with Crippen LogP contribution in [0, 0.1) is 6.92 Å². The maximum atomic E-state index is 11.7. The van der Waals surface area contributed by atoms with E-state index >= 15 is 0 Å². The van der Waals surface area contributed by atoms with Gasteiger partial charge in [-0.1, -0.05) is 30.3 Å². The Morgan fingerprint density at radius 3 is 2.67 bits per heavy atom. The summed E-state index contributed by atoms with van der Waals surface area (Å²) in [6.07, 6.45) is 1.50. The van der Waals surface area contributed by atoms with Crippen molar-refractivity contribution in [1.82, 2.24) is 9.97 Å². The largest absolute Gasteiger partial charge is 0.462 e. The fraction of sp³-hybridized carbons (Fsp3) is 0.312. The molecule has 5 nitrogen and oxygen atoms in total. The first-order chi connectivity index (χ1) is 10.1. The van der Waals surface area contributed by atoms with Gasteiger partial charge in [0.2, 0.25) is 5.95 Å². The molecule has 1 aromatic carbocycles. The fourth-order valence-electron chi connectivity index (χ4n) is 1.96. The second-order valence-corrected chi connectivity index (χ2v) is 4.69. The lowest BCUT2D eigenvalue weighted by Crippen LogP contribution is -2.13. The normalized spacial score (nSPS) is 11.8. The van der Waals surface area contributed by atoms with Crippen LogP contribution in [-0.4, -0.2) is 22.5 Å². The molecule has 1 unspecified atom stereocenters. The van der Waals surface area contributed by atoms with Crippen LogP contribution in [0.4, 0.5) is 5.95 Å². The van der Waals surface area contributed by atoms with Crippen molar-refractivity contribution in [3.05, 3.63) is 53.3 Å². The summed E-state index contributed by atoms with van der Waals surface area (Å²) in [5.41, 5.74) is 2.15. The second kappa shape index (κ2) is 6.83. The zero-order valence-corrected chi connectivity index (χ0v) is 12.5. The standard InChI is InChI=1S/C16H19N3O2/c1-4-21-15(20)14-10-17-16(19-12(14)3)18-11(2)13-8-6-5-7-9-13/h5-11H,4H2,1-3H3,(H,17,18,19). The summed E-state index contributed by atoms with van der Waals surface area (Å²) in [6.45, 7) is 5.91. The van der Waals surface area contributed by atoms with E-state index in [0.717, 1.165) is 5.56 Å². The Balaban J connectivity index is 2.12. The molecule has 0 aliphatic rings. The van der Waals surface area contributed by atoms with Crippen LogP contribution in [-0.2, 0) is 4.74 Å². The highest BCUT2D eigenvalue weighted by Crippen LogP contribution is 2.17. The van der Waals surface area contributed by atoms with E-state index in [-0.39, 0.29) is 6.04 Å². The van der Waals surface area contributed by atoms with Crippen molar-refractivity contribution in [2.24, 2.45) is 0 Å². The summed E-state index contributed by atoms with van der Waals surface area (Å²) < 4.78 is 4.96. The first-order valence-corrected chi connectivity index (χ1v) is 6.94. The zero-order chi connectivity index (χ0) is 15.2. The van der Waals surface area contributed by atoms with E-state index in [1.165, 1.54) is 6.20 Å². The molecule has 2 aromatic rings. The van der Waals surface area contributed by atoms with Gasteiger partial charge in [0.1, 0.15) is 0 Å². The highest BCUT2D eigenvalue weighted by Gasteiger charge is 2.13. The molecule has 5 heteroatoms. The van der Waals surface area contributed by atoms with Crippen LogP contribution in [0.2, 0.25) is 0 Å². The summed E-state index contributed by atoms with van der Waals surface area (Å²) >= 11 is 0. The molecule has 1 N–H and O–H groups in total. The van der Waals surface area contributed by atoms with Crippen LogP contribution in [0.5, 0.6) is 0 Å². The minimum Gasteiger partial charge on any atom is -0.462 e. The molecule has 0 spiro atoms. The van der Waals surface area contributed by atoms with Crippen LogP contribution in [0.15, 0.2) is 36.5 Å². The lowest BCUT2D eigenvalue weighted by Gasteiger charge is -2.14. The molecule has 1 atom stereocenters. The van der Waals surface area contributed by atoms with Crippen molar-refractivity contribution in [2.75, 3.05) is 11.9 Å². The minimum atomic E-state index is -0.391. The molecule has 0 bridgehead atoms. The molecule has 1 aromatic heterocycles. The number of rotatable bonds is 5. The van der Waals surface area contributed by atoms with Gasteiger partial charge in [-0.2, -0.15) is 0 Å². The molecule has 0 saturated heterocycles. The predicted molar refractivity (Wildman–Crippen MR) is 81.2 cm³/mol. The molecule has 0 aliphatic carbocycles. The molecule has 2 rings (SSSR count). The Morgan fingerprint density at radius 2 is 2.05 bits per heavy atom. The smallest absolute Gasteiger partial charge is 0.341 e. The Labute approximate surface area is 124 Å². The molecular formula is C16H19N3O2. The Hall–Kier alpha value is -2.43. The number of nitrogens with one attached hydrogen (secondary N) is 1. The average Bonchev–Trinajstić information content (AvgIpc) is 2.48. The third-order valence-electron chi connectivity index (χ3n) is 3.12. The minimum absolute atomic E-state index is 0.0824. The Bertz CT molecular complexity index is 614. The first kappa shape index (κ1) is 15.0. The van der Waals surface area contributed by atoms with E-state index in [2.05, 4.69) is 15.3 Å². The van der Waals surface area contributed by atoms with E-state index in [4.69, 9.17) is 4.74 Å². The van der Waals surface area contributed by atoms with Gasteiger partial charge in [-0.05, 0) is 26.3 Å². The van der Waals surface area contributed by atoms with Gasteiger partial charge in [0.05, 0.1) is 23.9 Å². The number of benzene rings is 1. The van der Waals surface area contributed by atoms with Crippen molar-refractivity contribution in [3.63, 3.8) is 0 Å². The Kier molecular flexibility index (Phi) is 4.87. The summed E-state index contributed by atoms with van der Waals surface area (Å²) in [5, 5.41) is 3.22. The predicted octanol–water partition coefficient (Wildman–Crippen LogP) is 3.13. The molecule has 21 heavy (non-hydrogen) atoms. The zero-order valence-electron chi connectivity index (χ0n) is 12.5. The van der Waals surface area contributed by atoms with E-state index < -0.39 is 5.97 Å². The Morgan fingerprint density at radius 1 is 1.33 bits per heavy atom. The lowest BCUT2D eigenvalue weighted by atomic mass is 10.1. The van der Waals surface area contributed by atoms with Crippen molar-refractivity contribution < 1.29 is 9.53 Å². The van der Waals surface area contributed by atoms with Gasteiger partial charge < -0.3 is 10.1 Å². The maximum absolute atomic E-state index is 11.7. The number of esters is 1. The number of hydrogen-bond donors (Lipinski definition) is 1. The van der Waals surface area contributed by atoms with Gasteiger partial charge in [-0.15, -0.1) is 0 Å². The van der Waals surface area contributed by atoms with Crippen molar-refractivity contribution in [2.45, 2.75) is 26.8 Å². The summed E-state index contributed by atoms with van der Waals surface area (Å²) in [4.78, 5) is 20.2. The van der Waals surface area contributed by atoms with Crippen LogP contribution in [0.25, 0.3) is 0 Å². The molecule has 110 valence electrons. The first-order valence-electron chi connectivity index (χ1n) is 6.94. The van der Waals surface area contributed by atoms with Gasteiger partial charge in [0.15, 0.2) is 0 Å². The molecular weight excluding hydrogens is 266 g/mol. The number of hydrogen-bond acceptors (Lipinski definition) is 5. The van der Waals surface area contributed by atoms with E-state index in [9.17, 15) is 4.79 Å². The third kappa shape index (κ3) is 3.78. The van der Waals surface area contributed by atoms with Crippen molar-refractivity contribution in [3.8, 4) is 0 Å². The highest BCUT2D eigenvalue weighted by molar-refractivity contribution is 5.90. The topological polar surface area (TPSA) is 64.1 Å². The summed E-state index contributed by atoms with van der Waals surface area (Å²) in [6, 6.07) is 10.1. The number of nitrogens with zero attached hydrogens (tertiary/aromatic N) is 2.